The summed E-state index contributed by atoms with van der Waals surface area (Å²) in [6.45, 7) is 0. The summed E-state index contributed by atoms with van der Waals surface area (Å²) in [7, 11) is 0. The fourth-order valence-corrected chi connectivity index (χ4v) is 3.61. The molecule has 18 heavy (non-hydrogen) atoms. The fraction of sp³-hybridized carbons (Fsp3) is 0.385. The van der Waals surface area contributed by atoms with Gasteiger partial charge in [-0.25, -0.2) is 9.97 Å². The van der Waals surface area contributed by atoms with Gasteiger partial charge in [0, 0.05) is 16.9 Å². The second-order valence-electron chi connectivity index (χ2n) is 4.63. The average molecular weight is 324 g/mol. The first-order valence-corrected chi connectivity index (χ1v) is 7.85. The van der Waals surface area contributed by atoms with Crippen molar-refractivity contribution in [2.24, 2.45) is 0 Å². The van der Waals surface area contributed by atoms with Crippen LogP contribution in [0.15, 0.2) is 21.3 Å². The molecule has 0 aromatic carbocycles. The monoisotopic (exact) mass is 323 g/mol. The molecule has 0 amide bonds. The molecular formula is C13H14BrN3S. The molecule has 94 valence electrons. The van der Waals surface area contributed by atoms with Crippen molar-refractivity contribution in [2.75, 3.05) is 5.73 Å². The van der Waals surface area contributed by atoms with Crippen molar-refractivity contribution in [2.45, 2.75) is 31.6 Å². The van der Waals surface area contributed by atoms with E-state index in [1.54, 1.807) is 11.3 Å². The number of nitrogen functional groups attached to an aromatic ring is 1. The van der Waals surface area contributed by atoms with Crippen molar-refractivity contribution < 1.29 is 0 Å². The number of anilines is 1. The van der Waals surface area contributed by atoms with E-state index in [0.29, 0.717) is 11.7 Å². The van der Waals surface area contributed by atoms with E-state index in [9.17, 15) is 0 Å². The predicted molar refractivity (Wildman–Crippen MR) is 78.7 cm³/mol. The minimum absolute atomic E-state index is 0.530. The Hall–Kier alpha value is -0.940. The van der Waals surface area contributed by atoms with Crippen LogP contribution in [-0.2, 0) is 0 Å². The summed E-state index contributed by atoms with van der Waals surface area (Å²) in [5, 5.41) is 4.09. The lowest BCUT2D eigenvalue weighted by atomic mass is 10.0. The lowest BCUT2D eigenvalue weighted by Gasteiger charge is -2.13. The highest BCUT2D eigenvalue weighted by Crippen LogP contribution is 2.39. The molecule has 0 aliphatic heterocycles. The smallest absolute Gasteiger partial charge is 0.162 e. The quantitative estimate of drug-likeness (QED) is 0.900. The molecule has 2 aromatic heterocycles. The largest absolute Gasteiger partial charge is 0.383 e. The zero-order valence-corrected chi connectivity index (χ0v) is 12.3. The number of aromatic nitrogens is 2. The van der Waals surface area contributed by atoms with Crippen LogP contribution in [-0.4, -0.2) is 9.97 Å². The maximum absolute atomic E-state index is 6.00. The molecule has 0 saturated heterocycles. The van der Waals surface area contributed by atoms with Gasteiger partial charge >= 0.3 is 0 Å². The Morgan fingerprint density at radius 1 is 1.28 bits per heavy atom. The summed E-state index contributed by atoms with van der Waals surface area (Å²) in [5.41, 5.74) is 8.14. The van der Waals surface area contributed by atoms with Crippen molar-refractivity contribution in [1.82, 2.24) is 9.97 Å². The minimum Gasteiger partial charge on any atom is -0.383 e. The van der Waals surface area contributed by atoms with E-state index < -0.39 is 0 Å². The van der Waals surface area contributed by atoms with E-state index in [1.807, 2.05) is 11.4 Å². The standard InChI is InChI=1S/C13H14BrN3S/c14-10-11(8-3-1-2-4-8)16-13(17-12(10)15)9-5-6-18-7-9/h5-8H,1-4H2,(H2,15,16,17). The third kappa shape index (κ3) is 2.17. The maximum Gasteiger partial charge on any atom is 0.162 e. The molecule has 0 atom stereocenters. The second-order valence-corrected chi connectivity index (χ2v) is 6.20. The topological polar surface area (TPSA) is 51.8 Å². The van der Waals surface area contributed by atoms with E-state index in [-0.39, 0.29) is 0 Å². The first-order chi connectivity index (χ1) is 8.75. The van der Waals surface area contributed by atoms with Gasteiger partial charge in [-0.05, 0) is 40.2 Å². The van der Waals surface area contributed by atoms with Crippen LogP contribution in [0.1, 0.15) is 37.3 Å². The number of halogens is 1. The van der Waals surface area contributed by atoms with E-state index in [4.69, 9.17) is 10.7 Å². The first-order valence-electron chi connectivity index (χ1n) is 6.11. The summed E-state index contributed by atoms with van der Waals surface area (Å²) in [6.07, 6.45) is 4.99. The lowest BCUT2D eigenvalue weighted by Crippen LogP contribution is -2.05. The molecule has 2 N–H and O–H groups in total. The molecule has 0 spiro atoms. The van der Waals surface area contributed by atoms with Gasteiger partial charge in [0.05, 0.1) is 10.2 Å². The van der Waals surface area contributed by atoms with E-state index in [1.165, 1.54) is 25.7 Å². The Bertz CT molecular complexity index is 548. The van der Waals surface area contributed by atoms with E-state index >= 15 is 0 Å². The SMILES string of the molecule is Nc1nc(-c2ccsc2)nc(C2CCCC2)c1Br. The predicted octanol–water partition coefficient (Wildman–Crippen LogP) is 4.21. The van der Waals surface area contributed by atoms with Crippen LogP contribution in [0.4, 0.5) is 5.82 Å². The highest BCUT2D eigenvalue weighted by molar-refractivity contribution is 9.10. The number of hydrogen-bond acceptors (Lipinski definition) is 4. The summed E-state index contributed by atoms with van der Waals surface area (Å²) in [6, 6.07) is 2.03. The lowest BCUT2D eigenvalue weighted by molar-refractivity contribution is 0.691. The number of rotatable bonds is 2. The van der Waals surface area contributed by atoms with Crippen molar-refractivity contribution >= 4 is 33.1 Å². The summed E-state index contributed by atoms with van der Waals surface area (Å²) < 4.78 is 0.883. The molecule has 1 aliphatic carbocycles. The highest BCUT2D eigenvalue weighted by Gasteiger charge is 2.23. The Morgan fingerprint density at radius 3 is 2.72 bits per heavy atom. The molecule has 1 saturated carbocycles. The Balaban J connectivity index is 2.07. The molecule has 5 heteroatoms. The van der Waals surface area contributed by atoms with Crippen LogP contribution in [0.25, 0.3) is 11.4 Å². The second kappa shape index (κ2) is 4.97. The van der Waals surface area contributed by atoms with E-state index in [0.717, 1.165) is 21.6 Å². The Morgan fingerprint density at radius 2 is 2.06 bits per heavy atom. The number of thiophene rings is 1. The fourth-order valence-electron chi connectivity index (χ4n) is 2.47. The molecular weight excluding hydrogens is 310 g/mol. The van der Waals surface area contributed by atoms with Crippen LogP contribution in [0.2, 0.25) is 0 Å². The van der Waals surface area contributed by atoms with Gasteiger partial charge in [-0.2, -0.15) is 11.3 Å². The normalized spacial score (nSPS) is 16.3. The van der Waals surface area contributed by atoms with Crippen LogP contribution in [0.3, 0.4) is 0 Å². The van der Waals surface area contributed by atoms with Crippen LogP contribution in [0.5, 0.6) is 0 Å². The number of hydrogen-bond donors (Lipinski definition) is 1. The third-order valence-corrected chi connectivity index (χ3v) is 4.92. The van der Waals surface area contributed by atoms with Crippen molar-refractivity contribution in [1.29, 1.82) is 0 Å². The molecule has 1 fully saturated rings. The third-order valence-electron chi connectivity index (χ3n) is 3.42. The van der Waals surface area contributed by atoms with Gasteiger partial charge in [-0.15, -0.1) is 0 Å². The van der Waals surface area contributed by atoms with Crippen molar-refractivity contribution in [3.8, 4) is 11.4 Å². The summed E-state index contributed by atoms with van der Waals surface area (Å²) in [4.78, 5) is 9.10. The van der Waals surface area contributed by atoms with Gasteiger partial charge in [-0.1, -0.05) is 12.8 Å². The van der Waals surface area contributed by atoms with Crippen LogP contribution < -0.4 is 5.73 Å². The molecule has 1 aliphatic rings. The van der Waals surface area contributed by atoms with Gasteiger partial charge in [0.1, 0.15) is 5.82 Å². The molecule has 0 bridgehead atoms. The van der Waals surface area contributed by atoms with E-state index in [2.05, 4.69) is 26.3 Å². The highest BCUT2D eigenvalue weighted by atomic mass is 79.9. The minimum atomic E-state index is 0.530. The van der Waals surface area contributed by atoms with Crippen molar-refractivity contribution in [3.05, 3.63) is 27.0 Å². The Kier molecular flexibility index (Phi) is 3.35. The van der Waals surface area contributed by atoms with Crippen LogP contribution >= 0.6 is 27.3 Å². The molecule has 2 aromatic rings. The summed E-state index contributed by atoms with van der Waals surface area (Å²) >= 11 is 5.19. The number of nitrogens with zero attached hydrogens (tertiary/aromatic N) is 2. The molecule has 3 nitrogen and oxygen atoms in total. The first kappa shape index (κ1) is 12.1. The zero-order valence-electron chi connectivity index (χ0n) is 9.90. The van der Waals surface area contributed by atoms with Crippen molar-refractivity contribution in [3.63, 3.8) is 0 Å². The maximum atomic E-state index is 6.00. The van der Waals surface area contributed by atoms with Gasteiger partial charge in [0.25, 0.3) is 0 Å². The molecule has 0 radical (unpaired) electrons. The number of nitrogens with two attached hydrogens (primary N) is 1. The van der Waals surface area contributed by atoms with Gasteiger partial charge in [0.2, 0.25) is 0 Å². The molecule has 3 rings (SSSR count). The van der Waals surface area contributed by atoms with Gasteiger partial charge < -0.3 is 5.73 Å². The molecule has 0 unspecified atom stereocenters. The van der Waals surface area contributed by atoms with Gasteiger partial charge in [-0.3, -0.25) is 0 Å². The summed E-state index contributed by atoms with van der Waals surface area (Å²) in [5.74, 6) is 1.83. The van der Waals surface area contributed by atoms with Crippen LogP contribution in [0, 0.1) is 0 Å². The molecule has 2 heterocycles. The zero-order chi connectivity index (χ0) is 12.5. The Labute approximate surface area is 119 Å². The van der Waals surface area contributed by atoms with Gasteiger partial charge in [0.15, 0.2) is 5.82 Å². The average Bonchev–Trinajstić information content (AvgIpc) is 3.03.